The summed E-state index contributed by atoms with van der Waals surface area (Å²) < 4.78 is 0. The molecule has 2 N–H and O–H groups in total. The molecule has 1 aliphatic rings. The normalized spacial score (nSPS) is 19.0. The lowest BCUT2D eigenvalue weighted by atomic mass is 9.95. The van der Waals surface area contributed by atoms with E-state index in [0.717, 1.165) is 6.42 Å². The minimum atomic E-state index is -0.127. The van der Waals surface area contributed by atoms with Crippen LogP contribution in [-0.4, -0.2) is 22.9 Å². The Kier molecular flexibility index (Phi) is 6.05. The van der Waals surface area contributed by atoms with Gasteiger partial charge in [-0.05, 0) is 52.4 Å². The van der Waals surface area contributed by atoms with Gasteiger partial charge in [-0.15, -0.1) is 0 Å². The Labute approximate surface area is 87.7 Å². The van der Waals surface area contributed by atoms with Gasteiger partial charge in [-0.1, -0.05) is 11.6 Å². The van der Waals surface area contributed by atoms with Gasteiger partial charge in [-0.2, -0.15) is 0 Å². The van der Waals surface area contributed by atoms with Crippen LogP contribution in [0.1, 0.15) is 47.0 Å². The van der Waals surface area contributed by atoms with Crippen LogP contribution in [-0.2, 0) is 0 Å². The third-order valence-electron chi connectivity index (χ3n) is 2.70. The fraction of sp³-hybridized carbons (Fsp3) is 0.833. The molecule has 0 aromatic rings. The van der Waals surface area contributed by atoms with E-state index in [1.54, 1.807) is 6.92 Å². The second kappa shape index (κ2) is 6.20. The van der Waals surface area contributed by atoms with Crippen molar-refractivity contribution in [3.8, 4) is 0 Å². The number of aliphatic hydroxyl groups is 2. The van der Waals surface area contributed by atoms with Gasteiger partial charge in [-0.25, -0.2) is 0 Å². The van der Waals surface area contributed by atoms with E-state index in [0.29, 0.717) is 0 Å². The summed E-state index contributed by atoms with van der Waals surface area (Å²) in [6, 6.07) is 0. The Balaban J connectivity index is 0.000000500. The zero-order valence-corrected chi connectivity index (χ0v) is 9.88. The van der Waals surface area contributed by atoms with Crippen LogP contribution in [0.25, 0.3) is 0 Å². The van der Waals surface area contributed by atoms with E-state index in [1.807, 2.05) is 6.92 Å². The highest BCUT2D eigenvalue weighted by molar-refractivity contribution is 5.05. The van der Waals surface area contributed by atoms with E-state index in [-0.39, 0.29) is 18.1 Å². The predicted molar refractivity (Wildman–Crippen MR) is 60.2 cm³/mol. The average molecular weight is 200 g/mol. The summed E-state index contributed by atoms with van der Waals surface area (Å²) in [7, 11) is 0. The molecule has 2 heteroatoms. The summed E-state index contributed by atoms with van der Waals surface area (Å²) in [6.07, 6.45) is 5.58. The molecule has 0 aromatic heterocycles. The van der Waals surface area contributed by atoms with E-state index in [4.69, 9.17) is 5.11 Å². The third-order valence-corrected chi connectivity index (χ3v) is 2.70. The Hall–Kier alpha value is -0.340. The van der Waals surface area contributed by atoms with Crippen molar-refractivity contribution in [2.75, 3.05) is 6.61 Å². The van der Waals surface area contributed by atoms with Crippen molar-refractivity contribution in [3.05, 3.63) is 11.6 Å². The maximum absolute atomic E-state index is 9.43. The molecule has 1 aliphatic carbocycles. The molecule has 0 bridgehead atoms. The summed E-state index contributed by atoms with van der Waals surface area (Å²) in [6.45, 7) is 8.06. The first-order valence-corrected chi connectivity index (χ1v) is 5.41. The van der Waals surface area contributed by atoms with Crippen LogP contribution < -0.4 is 0 Å². The molecule has 1 rings (SSSR count). The largest absolute Gasteiger partial charge is 0.397 e. The number of hydrogen-bond donors (Lipinski definition) is 2. The van der Waals surface area contributed by atoms with Crippen LogP contribution in [0.3, 0.4) is 0 Å². The van der Waals surface area contributed by atoms with Crippen LogP contribution in [0, 0.1) is 5.41 Å². The molecule has 0 heterocycles. The number of rotatable bonds is 3. The summed E-state index contributed by atoms with van der Waals surface area (Å²) in [5.41, 5.74) is 1.62. The maximum atomic E-state index is 9.43. The van der Waals surface area contributed by atoms with Gasteiger partial charge in [0.2, 0.25) is 0 Å². The number of allylic oxidation sites excluding steroid dienone is 2. The highest BCUT2D eigenvalue weighted by atomic mass is 16.3. The van der Waals surface area contributed by atoms with Crippen molar-refractivity contribution in [2.24, 2.45) is 5.41 Å². The first-order chi connectivity index (χ1) is 6.48. The molecule has 84 valence electrons. The number of hydrogen-bond acceptors (Lipinski definition) is 2. The maximum Gasteiger partial charge on any atom is 0.0571 e. The molecule has 0 amide bonds. The van der Waals surface area contributed by atoms with Gasteiger partial charge in [-0.3, -0.25) is 0 Å². The Morgan fingerprint density at radius 2 is 1.86 bits per heavy atom. The summed E-state index contributed by atoms with van der Waals surface area (Å²) in [5.74, 6) is 0. The minimum absolute atomic E-state index is 0.127. The molecule has 1 unspecified atom stereocenters. The third kappa shape index (κ3) is 4.77. The fourth-order valence-electron chi connectivity index (χ4n) is 1.36. The van der Waals surface area contributed by atoms with Gasteiger partial charge in [0.15, 0.2) is 0 Å². The number of aliphatic hydroxyl groups excluding tert-OH is 2. The van der Waals surface area contributed by atoms with Crippen LogP contribution in [0.5, 0.6) is 0 Å². The smallest absolute Gasteiger partial charge is 0.0571 e. The molecule has 1 saturated carbocycles. The lowest BCUT2D eigenvalue weighted by Crippen LogP contribution is -2.16. The van der Waals surface area contributed by atoms with E-state index in [1.165, 1.54) is 18.4 Å². The summed E-state index contributed by atoms with van der Waals surface area (Å²) >= 11 is 0. The van der Waals surface area contributed by atoms with Crippen molar-refractivity contribution in [1.82, 2.24) is 0 Å². The van der Waals surface area contributed by atoms with E-state index in [9.17, 15) is 5.11 Å². The van der Waals surface area contributed by atoms with Gasteiger partial charge >= 0.3 is 0 Å². The Morgan fingerprint density at radius 3 is 2.07 bits per heavy atom. The quantitative estimate of drug-likeness (QED) is 0.687. The van der Waals surface area contributed by atoms with Crippen molar-refractivity contribution in [1.29, 1.82) is 0 Å². The van der Waals surface area contributed by atoms with E-state index >= 15 is 0 Å². The molecule has 1 atom stereocenters. The van der Waals surface area contributed by atoms with Gasteiger partial charge in [0, 0.05) is 6.61 Å². The molecule has 0 aliphatic heterocycles. The SMILES string of the molecule is CC(C)=CCC1(C(C)O)CC1.CCO. The van der Waals surface area contributed by atoms with Crippen LogP contribution in [0.4, 0.5) is 0 Å². The van der Waals surface area contributed by atoms with Crippen LogP contribution in [0.2, 0.25) is 0 Å². The highest BCUT2D eigenvalue weighted by Crippen LogP contribution is 2.52. The Morgan fingerprint density at radius 1 is 1.43 bits per heavy atom. The molecule has 0 spiro atoms. The average Bonchev–Trinajstić information content (AvgIpc) is 2.82. The minimum Gasteiger partial charge on any atom is -0.397 e. The zero-order chi connectivity index (χ0) is 11.2. The van der Waals surface area contributed by atoms with Gasteiger partial charge in [0.1, 0.15) is 0 Å². The molecule has 0 radical (unpaired) electrons. The monoisotopic (exact) mass is 200 g/mol. The van der Waals surface area contributed by atoms with Crippen molar-refractivity contribution in [2.45, 2.75) is 53.1 Å². The van der Waals surface area contributed by atoms with Gasteiger partial charge in [0.05, 0.1) is 6.10 Å². The molecular weight excluding hydrogens is 176 g/mol. The lowest BCUT2D eigenvalue weighted by molar-refractivity contribution is 0.112. The molecule has 0 saturated heterocycles. The lowest BCUT2D eigenvalue weighted by Gasteiger charge is -2.15. The second-order valence-electron chi connectivity index (χ2n) is 4.34. The van der Waals surface area contributed by atoms with Crippen molar-refractivity contribution < 1.29 is 10.2 Å². The van der Waals surface area contributed by atoms with Crippen molar-refractivity contribution >= 4 is 0 Å². The van der Waals surface area contributed by atoms with Crippen LogP contribution in [0.15, 0.2) is 11.6 Å². The van der Waals surface area contributed by atoms with Crippen LogP contribution >= 0.6 is 0 Å². The summed E-state index contributed by atoms with van der Waals surface area (Å²) in [4.78, 5) is 0. The van der Waals surface area contributed by atoms with Gasteiger partial charge < -0.3 is 10.2 Å². The first-order valence-electron chi connectivity index (χ1n) is 5.41. The topological polar surface area (TPSA) is 40.5 Å². The highest BCUT2D eigenvalue weighted by Gasteiger charge is 2.45. The van der Waals surface area contributed by atoms with E-state index in [2.05, 4.69) is 19.9 Å². The molecule has 14 heavy (non-hydrogen) atoms. The molecule has 0 aromatic carbocycles. The van der Waals surface area contributed by atoms with Crippen molar-refractivity contribution in [3.63, 3.8) is 0 Å². The van der Waals surface area contributed by atoms with Gasteiger partial charge in [0.25, 0.3) is 0 Å². The predicted octanol–water partition coefficient (Wildman–Crippen LogP) is 2.50. The molecule has 2 nitrogen and oxygen atoms in total. The van der Waals surface area contributed by atoms with E-state index < -0.39 is 0 Å². The Bertz CT molecular complexity index is 175. The summed E-state index contributed by atoms with van der Waals surface area (Å²) in [5, 5.41) is 17.0. The zero-order valence-electron chi connectivity index (χ0n) is 9.88. The standard InChI is InChI=1S/C10H18O.C2H6O/c1-8(2)4-5-10(6-7-10)9(3)11;1-2-3/h4,9,11H,5-7H2,1-3H3;3H,2H2,1H3. The first kappa shape index (κ1) is 13.7. The second-order valence-corrected chi connectivity index (χ2v) is 4.34. The fourth-order valence-corrected chi connectivity index (χ4v) is 1.36. The molecule has 1 fully saturated rings. The molecular formula is C12H24O2.